The normalized spacial score (nSPS) is 17.2. The minimum absolute atomic E-state index is 0.0490. The van der Waals surface area contributed by atoms with Crippen LogP contribution in [0.2, 0.25) is 0 Å². The zero-order valence-electron chi connectivity index (χ0n) is 22.6. The molecule has 0 saturated heterocycles. The number of alkyl halides is 2. The van der Waals surface area contributed by atoms with Crippen molar-refractivity contribution in [1.29, 1.82) is 0 Å². The third kappa shape index (κ3) is 7.19. The van der Waals surface area contributed by atoms with Crippen molar-refractivity contribution in [2.45, 2.75) is 77.3 Å². The molecule has 2 aliphatic rings. The first-order valence-corrected chi connectivity index (χ1v) is 13.5. The first kappa shape index (κ1) is 28.6. The molecule has 3 N–H and O–H groups in total. The molecule has 2 fully saturated rings. The molecule has 1 heterocycles. The fourth-order valence-electron chi connectivity index (χ4n) is 5.01. The molecule has 212 valence electrons. The van der Waals surface area contributed by atoms with Gasteiger partial charge in [-0.25, -0.2) is 13.2 Å². The summed E-state index contributed by atoms with van der Waals surface area (Å²) in [6.07, 6.45) is 5.47. The van der Waals surface area contributed by atoms with Gasteiger partial charge in [0.15, 0.2) is 0 Å². The topological polar surface area (TPSA) is 105 Å². The van der Waals surface area contributed by atoms with Gasteiger partial charge in [-0.05, 0) is 88.0 Å². The second kappa shape index (κ2) is 11.4. The van der Waals surface area contributed by atoms with Crippen LogP contribution in [0.5, 0.6) is 0 Å². The number of halogens is 3. The van der Waals surface area contributed by atoms with E-state index in [1.807, 2.05) is 13.8 Å². The molecule has 1 aromatic carbocycles. The van der Waals surface area contributed by atoms with E-state index in [4.69, 9.17) is 0 Å². The molecule has 2 unspecified atom stereocenters. The monoisotopic (exact) mass is 547 g/mol. The molecule has 0 bridgehead atoms. The number of amides is 3. The average molecular weight is 548 g/mol. The number of carbonyl (C=O) groups is 3. The van der Waals surface area contributed by atoms with E-state index in [9.17, 15) is 23.2 Å². The van der Waals surface area contributed by atoms with Gasteiger partial charge in [0.25, 0.3) is 11.8 Å². The third-order valence-corrected chi connectivity index (χ3v) is 7.40. The summed E-state index contributed by atoms with van der Waals surface area (Å²) in [6, 6.07) is 4.62. The maximum atomic E-state index is 15.1. The summed E-state index contributed by atoms with van der Waals surface area (Å²) in [7, 11) is 0. The lowest BCUT2D eigenvalue weighted by molar-refractivity contribution is -0.124. The molecule has 8 nitrogen and oxygen atoms in total. The second-order valence-corrected chi connectivity index (χ2v) is 11.2. The van der Waals surface area contributed by atoms with Crippen LogP contribution < -0.4 is 16.0 Å². The van der Waals surface area contributed by atoms with Crippen LogP contribution in [-0.4, -0.2) is 46.0 Å². The Kier molecular flexibility index (Phi) is 8.37. The Hall–Kier alpha value is -3.37. The van der Waals surface area contributed by atoms with E-state index in [2.05, 4.69) is 21.0 Å². The number of hydrogen-bond donors (Lipinski definition) is 3. The van der Waals surface area contributed by atoms with Crippen LogP contribution >= 0.6 is 0 Å². The summed E-state index contributed by atoms with van der Waals surface area (Å²) >= 11 is 0. The highest BCUT2D eigenvalue weighted by molar-refractivity contribution is 6.01. The van der Waals surface area contributed by atoms with Crippen LogP contribution in [0.1, 0.15) is 81.4 Å². The van der Waals surface area contributed by atoms with Crippen molar-refractivity contribution in [1.82, 2.24) is 20.4 Å². The Morgan fingerprint density at radius 3 is 2.23 bits per heavy atom. The molecule has 2 aliphatic carbocycles. The highest BCUT2D eigenvalue weighted by Gasteiger charge is 2.48. The number of rotatable bonds is 12. The quantitative estimate of drug-likeness (QED) is 0.360. The molecule has 39 heavy (non-hydrogen) atoms. The van der Waals surface area contributed by atoms with E-state index in [0.29, 0.717) is 24.5 Å². The molecule has 2 aromatic rings. The Labute approximate surface area is 226 Å². The number of hydrogen-bond acceptors (Lipinski definition) is 4. The molecule has 0 radical (unpaired) electrons. The number of benzene rings is 1. The highest BCUT2D eigenvalue weighted by atomic mass is 19.3. The minimum Gasteiger partial charge on any atom is -0.350 e. The number of nitrogens with zero attached hydrogens (tertiary/aromatic N) is 2. The molecular weight excluding hydrogens is 511 g/mol. The molecule has 2 saturated carbocycles. The van der Waals surface area contributed by atoms with Gasteiger partial charge in [0.05, 0.1) is 18.2 Å². The molecule has 4 rings (SSSR count). The first-order chi connectivity index (χ1) is 18.4. The molecule has 2 atom stereocenters. The van der Waals surface area contributed by atoms with Gasteiger partial charge in [0, 0.05) is 19.2 Å². The Balaban J connectivity index is 1.50. The van der Waals surface area contributed by atoms with Crippen molar-refractivity contribution in [2.75, 3.05) is 11.9 Å². The Morgan fingerprint density at radius 1 is 1.05 bits per heavy atom. The van der Waals surface area contributed by atoms with Crippen LogP contribution in [0, 0.1) is 23.6 Å². The van der Waals surface area contributed by atoms with Gasteiger partial charge in [-0.3, -0.25) is 19.1 Å². The Bertz CT molecular complexity index is 1210. The van der Waals surface area contributed by atoms with Crippen LogP contribution in [0.4, 0.5) is 18.9 Å². The van der Waals surface area contributed by atoms with Crippen LogP contribution in [-0.2, 0) is 9.59 Å². The van der Waals surface area contributed by atoms with E-state index in [0.717, 1.165) is 31.7 Å². The predicted octanol–water partition coefficient (Wildman–Crippen LogP) is 4.65. The third-order valence-electron chi connectivity index (χ3n) is 7.40. The van der Waals surface area contributed by atoms with E-state index in [-0.39, 0.29) is 23.2 Å². The van der Waals surface area contributed by atoms with Gasteiger partial charge in [-0.1, -0.05) is 6.07 Å². The summed E-state index contributed by atoms with van der Waals surface area (Å²) in [6.45, 7) is 5.17. The summed E-state index contributed by atoms with van der Waals surface area (Å²) in [5.41, 5.74) is 0.535. The van der Waals surface area contributed by atoms with Gasteiger partial charge in [-0.15, -0.1) is 0 Å². The molecule has 1 aromatic heterocycles. The van der Waals surface area contributed by atoms with Crippen LogP contribution in [0.25, 0.3) is 0 Å². The number of nitrogens with one attached hydrogen (secondary N) is 3. The summed E-state index contributed by atoms with van der Waals surface area (Å²) in [5.74, 6) is -5.69. The number of anilines is 1. The van der Waals surface area contributed by atoms with Gasteiger partial charge in [0.1, 0.15) is 17.6 Å². The lowest BCUT2D eigenvalue weighted by Crippen LogP contribution is -2.50. The van der Waals surface area contributed by atoms with E-state index in [1.165, 1.54) is 25.3 Å². The van der Waals surface area contributed by atoms with Crippen molar-refractivity contribution in [2.24, 2.45) is 17.8 Å². The number of carbonyl (C=O) groups excluding carboxylic acids is 3. The van der Waals surface area contributed by atoms with Crippen molar-refractivity contribution in [3.63, 3.8) is 0 Å². The zero-order chi connectivity index (χ0) is 28.5. The van der Waals surface area contributed by atoms with Crippen molar-refractivity contribution in [3.8, 4) is 0 Å². The van der Waals surface area contributed by atoms with Crippen LogP contribution in [0.3, 0.4) is 0 Å². The van der Waals surface area contributed by atoms with E-state index >= 15 is 4.39 Å². The van der Waals surface area contributed by atoms with Crippen molar-refractivity contribution < 1.29 is 27.6 Å². The molecule has 3 amide bonds. The van der Waals surface area contributed by atoms with Crippen molar-refractivity contribution >= 4 is 23.4 Å². The lowest BCUT2D eigenvalue weighted by Gasteiger charge is -2.28. The zero-order valence-corrected chi connectivity index (χ0v) is 22.6. The minimum atomic E-state index is -3.06. The van der Waals surface area contributed by atoms with Gasteiger partial charge >= 0.3 is 0 Å². The smallest absolute Gasteiger partial charge is 0.270 e. The average Bonchev–Trinajstić information content (AvgIpc) is 3.81. The highest BCUT2D eigenvalue weighted by Crippen LogP contribution is 2.51. The summed E-state index contributed by atoms with van der Waals surface area (Å²) in [4.78, 5) is 39.0. The molecule has 0 spiro atoms. The summed E-state index contributed by atoms with van der Waals surface area (Å²) < 4.78 is 42.8. The van der Waals surface area contributed by atoms with E-state index < -0.39 is 48.0 Å². The van der Waals surface area contributed by atoms with Crippen molar-refractivity contribution in [3.05, 3.63) is 47.5 Å². The molecule has 11 heteroatoms. The molecular formula is C28H36F3N5O3. The fourth-order valence-corrected chi connectivity index (χ4v) is 5.01. The standard InChI is InChI=1S/C28H36F3N5O3/c1-15(2)36-22(11-12-33-36)26(38)35-24(23(17-5-6-17)18-7-8-18)27(39)34-21-10-9-19(13-20(21)29)16(3)25(37)32-14-28(4,30)31/h9-13,15-18,23-24H,5-8,14H2,1-4H3,(H,32,37)(H,34,39)(H,35,38). The lowest BCUT2D eigenvalue weighted by atomic mass is 9.88. The van der Waals surface area contributed by atoms with Gasteiger partial charge in [0.2, 0.25) is 11.8 Å². The fraction of sp³-hybridized carbons (Fsp3) is 0.571. The maximum Gasteiger partial charge on any atom is 0.270 e. The first-order valence-electron chi connectivity index (χ1n) is 13.5. The largest absolute Gasteiger partial charge is 0.350 e. The Morgan fingerprint density at radius 2 is 1.69 bits per heavy atom. The van der Waals surface area contributed by atoms with E-state index in [1.54, 1.807) is 10.7 Å². The van der Waals surface area contributed by atoms with Gasteiger partial charge < -0.3 is 16.0 Å². The van der Waals surface area contributed by atoms with Gasteiger partial charge in [-0.2, -0.15) is 5.10 Å². The number of aromatic nitrogens is 2. The second-order valence-electron chi connectivity index (χ2n) is 11.2. The summed E-state index contributed by atoms with van der Waals surface area (Å²) in [5, 5.41) is 11.9. The SMILES string of the molecule is CC(C(=O)NCC(C)(F)F)c1ccc(NC(=O)C(NC(=O)c2ccnn2C(C)C)C(C2CC2)C2CC2)c(F)c1. The van der Waals surface area contributed by atoms with Crippen LogP contribution in [0.15, 0.2) is 30.5 Å². The predicted molar refractivity (Wildman–Crippen MR) is 140 cm³/mol. The molecule has 0 aliphatic heterocycles. The maximum absolute atomic E-state index is 15.1.